The number of hydrogen-bond acceptors (Lipinski definition) is 2. The van der Waals surface area contributed by atoms with Crippen molar-refractivity contribution in [1.29, 1.82) is 0 Å². The van der Waals surface area contributed by atoms with Gasteiger partial charge in [-0.3, -0.25) is 4.79 Å². The van der Waals surface area contributed by atoms with Gasteiger partial charge < -0.3 is 10.6 Å². The molecule has 3 nitrogen and oxygen atoms in total. The van der Waals surface area contributed by atoms with Crippen molar-refractivity contribution in [2.45, 2.75) is 59.4 Å². The molecule has 1 fully saturated rings. The maximum atomic E-state index is 12.2. The van der Waals surface area contributed by atoms with Gasteiger partial charge in [-0.25, -0.2) is 0 Å². The van der Waals surface area contributed by atoms with Crippen LogP contribution in [0.4, 0.5) is 0 Å². The molecule has 2 atom stereocenters. The zero-order valence-electron chi connectivity index (χ0n) is 11.8. The van der Waals surface area contributed by atoms with E-state index in [0.29, 0.717) is 6.42 Å². The van der Waals surface area contributed by atoms with Gasteiger partial charge in [0.25, 0.3) is 0 Å². The quantitative estimate of drug-likeness (QED) is 0.805. The SMILES string of the molecule is CC1CCCN(C(=O)CC(N)C(C)(C)C)CC1. The fraction of sp³-hybridized carbons (Fsp3) is 0.929. The van der Waals surface area contributed by atoms with Crippen molar-refractivity contribution in [3.05, 3.63) is 0 Å². The molecule has 0 aromatic heterocycles. The number of nitrogens with two attached hydrogens (primary N) is 1. The normalized spacial score (nSPS) is 24.3. The van der Waals surface area contributed by atoms with Crippen molar-refractivity contribution >= 4 is 5.91 Å². The summed E-state index contributed by atoms with van der Waals surface area (Å²) < 4.78 is 0. The average molecular weight is 240 g/mol. The van der Waals surface area contributed by atoms with E-state index in [0.717, 1.165) is 31.8 Å². The summed E-state index contributed by atoms with van der Waals surface area (Å²) in [7, 11) is 0. The molecule has 2 unspecified atom stereocenters. The van der Waals surface area contributed by atoms with Crippen LogP contribution < -0.4 is 5.73 Å². The third-order valence-electron chi connectivity index (χ3n) is 3.88. The van der Waals surface area contributed by atoms with E-state index in [4.69, 9.17) is 5.73 Å². The molecule has 0 bridgehead atoms. The number of carbonyl (C=O) groups excluding carboxylic acids is 1. The minimum Gasteiger partial charge on any atom is -0.343 e. The predicted molar refractivity (Wildman–Crippen MR) is 71.6 cm³/mol. The van der Waals surface area contributed by atoms with Crippen LogP contribution in [0.15, 0.2) is 0 Å². The smallest absolute Gasteiger partial charge is 0.224 e. The minimum atomic E-state index is -0.0457. The molecule has 0 saturated carbocycles. The number of hydrogen-bond donors (Lipinski definition) is 1. The molecule has 0 radical (unpaired) electrons. The van der Waals surface area contributed by atoms with Crippen molar-refractivity contribution < 1.29 is 4.79 Å². The van der Waals surface area contributed by atoms with Gasteiger partial charge in [-0.2, -0.15) is 0 Å². The Hall–Kier alpha value is -0.570. The fourth-order valence-corrected chi connectivity index (χ4v) is 2.14. The highest BCUT2D eigenvalue weighted by Crippen LogP contribution is 2.22. The zero-order valence-corrected chi connectivity index (χ0v) is 11.8. The fourth-order valence-electron chi connectivity index (χ4n) is 2.14. The second-order valence-corrected chi connectivity index (χ2v) is 6.59. The highest BCUT2D eigenvalue weighted by Gasteiger charge is 2.26. The maximum absolute atomic E-state index is 12.2. The van der Waals surface area contributed by atoms with Gasteiger partial charge in [0.1, 0.15) is 0 Å². The van der Waals surface area contributed by atoms with Gasteiger partial charge in [-0.15, -0.1) is 0 Å². The Kier molecular flexibility index (Phi) is 4.99. The molecule has 1 aliphatic rings. The van der Waals surface area contributed by atoms with E-state index < -0.39 is 0 Å². The molecule has 0 spiro atoms. The highest BCUT2D eigenvalue weighted by atomic mass is 16.2. The first-order valence-electron chi connectivity index (χ1n) is 6.84. The van der Waals surface area contributed by atoms with Crippen molar-refractivity contribution in [2.75, 3.05) is 13.1 Å². The van der Waals surface area contributed by atoms with Crippen molar-refractivity contribution in [3.8, 4) is 0 Å². The highest BCUT2D eigenvalue weighted by molar-refractivity contribution is 5.76. The number of amides is 1. The van der Waals surface area contributed by atoms with Crippen LogP contribution in [0, 0.1) is 11.3 Å². The summed E-state index contributed by atoms with van der Waals surface area (Å²) >= 11 is 0. The van der Waals surface area contributed by atoms with Gasteiger partial charge in [0.05, 0.1) is 0 Å². The van der Waals surface area contributed by atoms with Gasteiger partial charge >= 0.3 is 0 Å². The molecule has 1 rings (SSSR count). The molecule has 1 heterocycles. The van der Waals surface area contributed by atoms with Gasteiger partial charge in [0.2, 0.25) is 5.91 Å². The lowest BCUT2D eigenvalue weighted by atomic mass is 9.85. The van der Waals surface area contributed by atoms with Crippen molar-refractivity contribution in [2.24, 2.45) is 17.1 Å². The van der Waals surface area contributed by atoms with Crippen LogP contribution in [0.1, 0.15) is 53.4 Å². The standard InChI is InChI=1S/C14H28N2O/c1-11-6-5-8-16(9-7-11)13(17)10-12(15)14(2,3)4/h11-12H,5-10,15H2,1-4H3. The van der Waals surface area contributed by atoms with E-state index in [-0.39, 0.29) is 17.4 Å². The molecule has 17 heavy (non-hydrogen) atoms. The lowest BCUT2D eigenvalue weighted by Crippen LogP contribution is -2.42. The number of nitrogens with zero attached hydrogens (tertiary/aromatic N) is 1. The Balaban J connectivity index is 2.47. The summed E-state index contributed by atoms with van der Waals surface area (Å²) in [6.07, 6.45) is 4.00. The van der Waals surface area contributed by atoms with Crippen LogP contribution in [-0.4, -0.2) is 29.9 Å². The van der Waals surface area contributed by atoms with Gasteiger partial charge in [-0.05, 0) is 30.6 Å². The summed E-state index contributed by atoms with van der Waals surface area (Å²) in [5, 5.41) is 0. The Labute approximate surface area is 106 Å². The number of carbonyl (C=O) groups is 1. The van der Waals surface area contributed by atoms with E-state index in [1.807, 2.05) is 4.90 Å². The summed E-state index contributed by atoms with van der Waals surface area (Å²) in [5.74, 6) is 0.991. The third kappa shape index (κ3) is 4.66. The van der Waals surface area contributed by atoms with Crippen molar-refractivity contribution in [1.82, 2.24) is 4.90 Å². The molecule has 2 N–H and O–H groups in total. The lowest BCUT2D eigenvalue weighted by Gasteiger charge is -2.29. The van der Waals surface area contributed by atoms with Crippen molar-refractivity contribution in [3.63, 3.8) is 0 Å². The van der Waals surface area contributed by atoms with E-state index >= 15 is 0 Å². The second-order valence-electron chi connectivity index (χ2n) is 6.59. The monoisotopic (exact) mass is 240 g/mol. The van der Waals surface area contributed by atoms with Crippen LogP contribution >= 0.6 is 0 Å². The molecule has 3 heteroatoms. The second kappa shape index (κ2) is 5.85. The topological polar surface area (TPSA) is 46.3 Å². The number of likely N-dealkylation sites (tertiary alicyclic amines) is 1. The number of rotatable bonds is 2. The Morgan fingerprint density at radius 2 is 2.00 bits per heavy atom. The average Bonchev–Trinajstić information content (AvgIpc) is 2.41. The van der Waals surface area contributed by atoms with Gasteiger partial charge in [0.15, 0.2) is 0 Å². The lowest BCUT2D eigenvalue weighted by molar-refractivity contribution is -0.132. The first-order chi connectivity index (χ1) is 7.80. The van der Waals surface area contributed by atoms with E-state index in [2.05, 4.69) is 27.7 Å². The predicted octanol–water partition coefficient (Wildman–Crippen LogP) is 2.40. The van der Waals surface area contributed by atoms with E-state index in [1.54, 1.807) is 0 Å². The minimum absolute atomic E-state index is 0.00873. The summed E-state index contributed by atoms with van der Waals surface area (Å²) in [5.41, 5.74) is 6.09. The first-order valence-corrected chi connectivity index (χ1v) is 6.84. The van der Waals surface area contributed by atoms with Gasteiger partial charge in [-0.1, -0.05) is 27.7 Å². The summed E-state index contributed by atoms with van der Waals surface area (Å²) in [6.45, 7) is 10.4. The van der Waals surface area contributed by atoms with Gasteiger partial charge in [0, 0.05) is 25.6 Å². The molecule has 100 valence electrons. The van der Waals surface area contributed by atoms with Crippen LogP contribution in [0.2, 0.25) is 0 Å². The summed E-state index contributed by atoms with van der Waals surface area (Å²) in [4.78, 5) is 14.2. The van der Waals surface area contributed by atoms with E-state index in [1.165, 1.54) is 6.42 Å². The Bertz CT molecular complexity index is 257. The molecule has 1 saturated heterocycles. The van der Waals surface area contributed by atoms with Crippen LogP contribution in [0.25, 0.3) is 0 Å². The van der Waals surface area contributed by atoms with Crippen LogP contribution in [0.3, 0.4) is 0 Å². The first kappa shape index (κ1) is 14.5. The molecule has 0 aromatic rings. The molecular formula is C14H28N2O. The molecule has 1 aliphatic heterocycles. The zero-order chi connectivity index (χ0) is 13.1. The van der Waals surface area contributed by atoms with E-state index in [9.17, 15) is 4.79 Å². The molecular weight excluding hydrogens is 212 g/mol. The Morgan fingerprint density at radius 1 is 1.35 bits per heavy atom. The summed E-state index contributed by atoms with van der Waals surface area (Å²) in [6, 6.07) is -0.0457. The Morgan fingerprint density at radius 3 is 2.59 bits per heavy atom. The van der Waals surface area contributed by atoms with Crippen LogP contribution in [0.5, 0.6) is 0 Å². The molecule has 0 aromatic carbocycles. The third-order valence-corrected chi connectivity index (χ3v) is 3.88. The molecule has 1 amide bonds. The largest absolute Gasteiger partial charge is 0.343 e. The molecule has 0 aliphatic carbocycles. The maximum Gasteiger partial charge on any atom is 0.224 e. The van der Waals surface area contributed by atoms with Crippen LogP contribution in [-0.2, 0) is 4.79 Å².